The molecule has 6 aliphatic rings. The van der Waals surface area contributed by atoms with Crippen molar-refractivity contribution in [3.63, 3.8) is 0 Å². The monoisotopic (exact) mass is 550 g/mol. The number of likely N-dealkylation sites (tertiary alicyclic amines) is 1. The SMILES string of the molecule is CN1CCN(C2C(F)CC3C(=O)C(C(=O)N4CCCCC4)=CN4C5CC(c6ccccc6)CCC5OC2C34)CC1. The fraction of sp³-hybridized carbons (Fsp3) is 0.688. The molecule has 0 aromatic heterocycles. The van der Waals surface area contributed by atoms with Gasteiger partial charge in [0.05, 0.1) is 35.9 Å². The van der Waals surface area contributed by atoms with Crippen molar-refractivity contribution >= 4 is 11.7 Å². The predicted octanol–water partition coefficient (Wildman–Crippen LogP) is 3.21. The zero-order valence-corrected chi connectivity index (χ0v) is 23.7. The van der Waals surface area contributed by atoms with Gasteiger partial charge in [-0.1, -0.05) is 30.3 Å². The van der Waals surface area contributed by atoms with E-state index < -0.39 is 12.1 Å². The zero-order valence-electron chi connectivity index (χ0n) is 23.7. The van der Waals surface area contributed by atoms with Gasteiger partial charge in [0.15, 0.2) is 5.78 Å². The van der Waals surface area contributed by atoms with E-state index in [-0.39, 0.29) is 54.0 Å². The minimum atomic E-state index is -1.15. The fourth-order valence-electron chi connectivity index (χ4n) is 8.58. The fourth-order valence-corrected chi connectivity index (χ4v) is 8.58. The molecule has 1 aromatic carbocycles. The van der Waals surface area contributed by atoms with E-state index in [0.29, 0.717) is 19.0 Å². The van der Waals surface area contributed by atoms with Crippen LogP contribution in [-0.2, 0) is 14.3 Å². The van der Waals surface area contributed by atoms with Gasteiger partial charge in [-0.3, -0.25) is 14.5 Å². The molecule has 2 aliphatic carbocycles. The van der Waals surface area contributed by atoms with Crippen LogP contribution in [0.25, 0.3) is 0 Å². The standard InChI is InChI=1S/C32H43FN4O3/c1-34-14-16-35(17-15-34)29-25(33)19-23-28-31(29)40-27-11-10-22(21-8-4-2-5-9-21)18-26(27)37(28)20-24(30(23)38)32(39)36-12-6-3-7-13-36/h2,4-5,8-9,20,22-23,25-29,31H,3,6-7,10-19H2,1H3. The summed E-state index contributed by atoms with van der Waals surface area (Å²) in [5.41, 5.74) is 1.61. The van der Waals surface area contributed by atoms with E-state index in [4.69, 9.17) is 4.74 Å². The summed E-state index contributed by atoms with van der Waals surface area (Å²) in [6.45, 7) is 4.83. The van der Waals surface area contributed by atoms with Crippen molar-refractivity contribution < 1.29 is 18.7 Å². The minimum Gasteiger partial charge on any atom is -0.369 e. The van der Waals surface area contributed by atoms with Crippen LogP contribution in [-0.4, -0.2) is 114 Å². The van der Waals surface area contributed by atoms with E-state index in [1.165, 1.54) is 5.56 Å². The van der Waals surface area contributed by atoms with Crippen LogP contribution in [0, 0.1) is 5.92 Å². The lowest BCUT2D eigenvalue weighted by atomic mass is 9.68. The Hall–Kier alpha value is -2.29. The molecule has 0 N–H and O–H groups in total. The zero-order chi connectivity index (χ0) is 27.4. The van der Waals surface area contributed by atoms with Crippen LogP contribution in [0.4, 0.5) is 4.39 Å². The second-order valence-corrected chi connectivity index (χ2v) is 13.0. The first-order valence-electron chi connectivity index (χ1n) is 15.6. The number of amides is 1. The van der Waals surface area contributed by atoms with Crippen LogP contribution in [0.2, 0.25) is 0 Å². The number of ether oxygens (including phenoxy) is 1. The van der Waals surface area contributed by atoms with Crippen molar-refractivity contribution in [3.8, 4) is 0 Å². The molecule has 0 spiro atoms. The Morgan fingerprint density at radius 3 is 2.42 bits per heavy atom. The number of hydrogen-bond donors (Lipinski definition) is 0. The van der Waals surface area contributed by atoms with E-state index in [2.05, 4.69) is 52.1 Å². The van der Waals surface area contributed by atoms with Crippen LogP contribution >= 0.6 is 0 Å². The number of nitrogens with zero attached hydrogens (tertiary/aromatic N) is 4. The normalized spacial score (nSPS) is 38.9. The van der Waals surface area contributed by atoms with Gasteiger partial charge in [-0.05, 0) is 63.5 Å². The Morgan fingerprint density at radius 1 is 0.925 bits per heavy atom. The Kier molecular flexibility index (Phi) is 7.21. The molecular formula is C32H43FN4O3. The molecule has 40 heavy (non-hydrogen) atoms. The van der Waals surface area contributed by atoms with Crippen LogP contribution in [0.5, 0.6) is 0 Å². The second-order valence-electron chi connectivity index (χ2n) is 13.0. The van der Waals surface area contributed by atoms with Gasteiger partial charge in [0.2, 0.25) is 0 Å². The van der Waals surface area contributed by atoms with Crippen LogP contribution in [0.3, 0.4) is 0 Å². The number of likely N-dealkylation sites (N-methyl/N-ethyl adjacent to an activating group) is 1. The second kappa shape index (κ2) is 10.8. The molecule has 8 atom stereocenters. The molecule has 2 saturated carbocycles. The van der Waals surface area contributed by atoms with Gasteiger partial charge >= 0.3 is 0 Å². The number of alkyl halides is 1. The summed E-state index contributed by atoms with van der Waals surface area (Å²) >= 11 is 0. The molecule has 1 amide bonds. The number of benzene rings is 1. The van der Waals surface area contributed by atoms with Crippen molar-refractivity contribution in [2.24, 2.45) is 5.92 Å². The van der Waals surface area contributed by atoms with E-state index in [9.17, 15) is 9.59 Å². The molecular weight excluding hydrogens is 507 g/mol. The summed E-state index contributed by atoms with van der Waals surface area (Å²) < 4.78 is 23.2. The van der Waals surface area contributed by atoms with Crippen molar-refractivity contribution in [1.29, 1.82) is 0 Å². The first kappa shape index (κ1) is 26.6. The van der Waals surface area contributed by atoms with Gasteiger partial charge in [-0.15, -0.1) is 0 Å². The third-order valence-electron chi connectivity index (χ3n) is 10.7. The van der Waals surface area contributed by atoms with Crippen LogP contribution in [0.1, 0.15) is 56.4 Å². The Labute approximate surface area is 237 Å². The maximum Gasteiger partial charge on any atom is 0.258 e. The third kappa shape index (κ3) is 4.60. The van der Waals surface area contributed by atoms with Gasteiger partial charge in [0, 0.05) is 51.4 Å². The highest BCUT2D eigenvalue weighted by Gasteiger charge is 2.60. The number of ketones is 1. The molecule has 7 rings (SSSR count). The van der Waals surface area contributed by atoms with Gasteiger partial charge in [0.25, 0.3) is 5.91 Å². The maximum absolute atomic E-state index is 16.2. The number of rotatable bonds is 3. The summed E-state index contributed by atoms with van der Waals surface area (Å²) in [7, 11) is 2.11. The number of carbonyl (C=O) groups excluding carboxylic acids is 2. The summed E-state index contributed by atoms with van der Waals surface area (Å²) in [5, 5.41) is 0. The summed E-state index contributed by atoms with van der Waals surface area (Å²) in [6.07, 6.45) is 6.43. The highest BCUT2D eigenvalue weighted by Crippen LogP contribution is 2.49. The van der Waals surface area contributed by atoms with Crippen molar-refractivity contribution in [1.82, 2.24) is 19.6 Å². The topological polar surface area (TPSA) is 56.3 Å². The molecule has 3 saturated heterocycles. The van der Waals surface area contributed by atoms with Crippen molar-refractivity contribution in [2.75, 3.05) is 46.3 Å². The molecule has 216 valence electrons. The number of halogens is 1. The predicted molar refractivity (Wildman–Crippen MR) is 150 cm³/mol. The molecule has 8 unspecified atom stereocenters. The Morgan fingerprint density at radius 2 is 1.68 bits per heavy atom. The Bertz CT molecular complexity index is 1130. The highest BCUT2D eigenvalue weighted by atomic mass is 19.1. The van der Waals surface area contributed by atoms with E-state index >= 15 is 4.39 Å². The first-order chi connectivity index (χ1) is 19.5. The largest absolute Gasteiger partial charge is 0.369 e. The van der Waals surface area contributed by atoms with E-state index in [1.54, 1.807) is 0 Å². The lowest BCUT2D eigenvalue weighted by molar-refractivity contribution is -0.214. The number of Topliss-reactive ketones (excluding diaryl/α,β-unsaturated/α-hetero) is 1. The first-order valence-corrected chi connectivity index (χ1v) is 15.6. The maximum atomic E-state index is 16.2. The number of carbonyl (C=O) groups is 2. The summed E-state index contributed by atoms with van der Waals surface area (Å²) in [4.78, 5) is 36.5. The number of hydrogen-bond acceptors (Lipinski definition) is 6. The highest BCUT2D eigenvalue weighted by molar-refractivity contribution is 6.20. The average molecular weight is 551 g/mol. The molecule has 4 heterocycles. The molecule has 0 bridgehead atoms. The molecule has 5 fully saturated rings. The third-order valence-corrected chi connectivity index (χ3v) is 10.7. The van der Waals surface area contributed by atoms with Gasteiger partial charge in [0.1, 0.15) is 6.17 Å². The van der Waals surface area contributed by atoms with Crippen molar-refractivity contribution in [2.45, 2.75) is 87.4 Å². The van der Waals surface area contributed by atoms with Gasteiger partial charge in [-0.25, -0.2) is 4.39 Å². The molecule has 1 aromatic rings. The number of fused-ring (bicyclic) bond motifs is 2. The lowest BCUT2D eigenvalue weighted by Gasteiger charge is -2.61. The number of piperidine rings is 1. The molecule has 7 nitrogen and oxygen atoms in total. The molecule has 0 radical (unpaired) electrons. The van der Waals surface area contributed by atoms with Crippen LogP contribution < -0.4 is 0 Å². The number of morpholine rings is 1. The van der Waals surface area contributed by atoms with Gasteiger partial charge < -0.3 is 19.4 Å². The van der Waals surface area contributed by atoms with E-state index in [0.717, 1.165) is 64.7 Å². The summed E-state index contributed by atoms with van der Waals surface area (Å²) in [5.74, 6) is -0.469. The molecule has 8 heteroatoms. The summed E-state index contributed by atoms with van der Waals surface area (Å²) in [6, 6.07) is 10.2. The number of piperazine rings is 1. The lowest BCUT2D eigenvalue weighted by Crippen LogP contribution is -2.74. The van der Waals surface area contributed by atoms with Gasteiger partial charge in [-0.2, -0.15) is 0 Å². The smallest absolute Gasteiger partial charge is 0.258 e. The molecule has 4 aliphatic heterocycles. The average Bonchev–Trinajstić information content (AvgIpc) is 2.99. The Balaban J connectivity index is 1.25. The van der Waals surface area contributed by atoms with Crippen molar-refractivity contribution in [3.05, 3.63) is 47.7 Å². The van der Waals surface area contributed by atoms with E-state index in [1.807, 2.05) is 11.1 Å². The minimum absolute atomic E-state index is 0.0297. The quantitative estimate of drug-likeness (QED) is 0.539. The van der Waals surface area contributed by atoms with Crippen LogP contribution in [0.15, 0.2) is 42.1 Å².